The lowest BCUT2D eigenvalue weighted by molar-refractivity contribution is -0.119. The molecule has 0 aliphatic rings. The van der Waals surface area contributed by atoms with Gasteiger partial charge in [0.2, 0.25) is 0 Å². The van der Waals surface area contributed by atoms with Crippen molar-refractivity contribution in [3.05, 3.63) is 94.1 Å². The molecule has 0 unspecified atom stereocenters. The van der Waals surface area contributed by atoms with Crippen molar-refractivity contribution in [2.45, 2.75) is 11.8 Å². The van der Waals surface area contributed by atoms with Gasteiger partial charge in [0, 0.05) is 22.0 Å². The second-order valence-electron chi connectivity index (χ2n) is 8.02. The number of aromatic nitrogens is 1. The molecule has 4 aromatic rings. The summed E-state index contributed by atoms with van der Waals surface area (Å²) in [5.74, 6) is 0.000371. The van der Waals surface area contributed by atoms with E-state index in [1.807, 2.05) is 13.0 Å². The maximum Gasteiger partial charge on any atom is 0.264 e. The number of hydrogen-bond donors (Lipinski definition) is 1. The molecule has 0 aliphatic carbocycles. The first-order valence-electron chi connectivity index (χ1n) is 11.0. The first kappa shape index (κ1) is 26.4. The average molecular weight is 557 g/mol. The highest BCUT2D eigenvalue weighted by Crippen LogP contribution is 2.26. The summed E-state index contributed by atoms with van der Waals surface area (Å²) >= 11 is 12.2. The van der Waals surface area contributed by atoms with Crippen molar-refractivity contribution >= 4 is 61.9 Å². The number of hydrogen-bond acceptors (Lipinski definition) is 6. The van der Waals surface area contributed by atoms with Gasteiger partial charge in [-0.25, -0.2) is 18.8 Å². The standard InChI is InChI=1S/C26H22Cl2N4O4S/c1-17-3-8-21(9-4-17)32(37(34,35)23-11-6-20(27)7-12-23)16-25(33)31-29-15-19-13-18-5-10-22(36-2)14-24(18)30-26(19)28/h3-15H,16H2,1-2H3,(H,31,33)/b29-15-. The van der Waals surface area contributed by atoms with Gasteiger partial charge in [-0.3, -0.25) is 9.10 Å². The van der Waals surface area contributed by atoms with E-state index >= 15 is 0 Å². The molecule has 0 radical (unpaired) electrons. The minimum absolute atomic E-state index is 0.000531. The first-order valence-corrected chi connectivity index (χ1v) is 13.2. The summed E-state index contributed by atoms with van der Waals surface area (Å²) in [6, 6.07) is 19.7. The highest BCUT2D eigenvalue weighted by molar-refractivity contribution is 7.92. The van der Waals surface area contributed by atoms with Gasteiger partial charge < -0.3 is 4.74 Å². The lowest BCUT2D eigenvalue weighted by Gasteiger charge is -2.23. The third-order valence-corrected chi connectivity index (χ3v) is 7.75. The van der Waals surface area contributed by atoms with Gasteiger partial charge in [0.1, 0.15) is 17.4 Å². The van der Waals surface area contributed by atoms with Gasteiger partial charge in [0.25, 0.3) is 15.9 Å². The van der Waals surface area contributed by atoms with Crippen LogP contribution in [0.3, 0.4) is 0 Å². The van der Waals surface area contributed by atoms with Crippen molar-refractivity contribution < 1.29 is 17.9 Å². The van der Waals surface area contributed by atoms with E-state index in [2.05, 4.69) is 15.5 Å². The molecule has 0 fully saturated rings. The fraction of sp³-hybridized carbons (Fsp3) is 0.115. The Bertz CT molecular complexity index is 1580. The summed E-state index contributed by atoms with van der Waals surface area (Å²) in [5, 5.41) is 5.34. The lowest BCUT2D eigenvalue weighted by atomic mass is 10.1. The molecule has 1 N–H and O–H groups in total. The number of amides is 1. The van der Waals surface area contributed by atoms with Gasteiger partial charge in [-0.2, -0.15) is 5.10 Å². The molecule has 1 amide bonds. The van der Waals surface area contributed by atoms with E-state index < -0.39 is 22.5 Å². The smallest absolute Gasteiger partial charge is 0.264 e. The quantitative estimate of drug-likeness (QED) is 0.182. The molecule has 8 nitrogen and oxygen atoms in total. The van der Waals surface area contributed by atoms with Crippen molar-refractivity contribution in [3.8, 4) is 5.75 Å². The second kappa shape index (κ2) is 11.2. The van der Waals surface area contributed by atoms with Crippen LogP contribution in [-0.4, -0.2) is 39.2 Å². The first-order chi connectivity index (χ1) is 17.7. The number of nitrogens with zero attached hydrogens (tertiary/aromatic N) is 3. The molecule has 0 spiro atoms. The highest BCUT2D eigenvalue weighted by atomic mass is 35.5. The molecule has 3 aromatic carbocycles. The monoisotopic (exact) mass is 556 g/mol. The number of halogens is 2. The van der Waals surface area contributed by atoms with Crippen LogP contribution in [0, 0.1) is 6.92 Å². The average Bonchev–Trinajstić information content (AvgIpc) is 2.88. The van der Waals surface area contributed by atoms with Crippen molar-refractivity contribution in [2.75, 3.05) is 18.0 Å². The van der Waals surface area contributed by atoms with E-state index in [1.165, 1.54) is 30.5 Å². The number of nitrogens with one attached hydrogen (secondary N) is 1. The normalized spacial score (nSPS) is 11.6. The Morgan fingerprint density at radius 1 is 1.05 bits per heavy atom. The Kier molecular flexibility index (Phi) is 7.97. The number of rotatable bonds is 8. The Hall–Kier alpha value is -3.66. The number of ether oxygens (including phenoxy) is 1. The Balaban J connectivity index is 1.55. The van der Waals surface area contributed by atoms with Gasteiger partial charge >= 0.3 is 0 Å². The van der Waals surface area contributed by atoms with Crippen LogP contribution < -0.4 is 14.5 Å². The highest BCUT2D eigenvalue weighted by Gasteiger charge is 2.27. The molecule has 1 aromatic heterocycles. The Morgan fingerprint density at radius 2 is 1.76 bits per heavy atom. The van der Waals surface area contributed by atoms with Crippen molar-refractivity contribution in [1.29, 1.82) is 0 Å². The van der Waals surface area contributed by atoms with Crippen LogP contribution in [-0.2, 0) is 14.8 Å². The zero-order valence-electron chi connectivity index (χ0n) is 19.9. The summed E-state index contributed by atoms with van der Waals surface area (Å²) in [6.45, 7) is 1.38. The maximum absolute atomic E-state index is 13.4. The van der Waals surface area contributed by atoms with Crippen LogP contribution in [0.2, 0.25) is 10.2 Å². The molecular weight excluding hydrogens is 535 g/mol. The summed E-state index contributed by atoms with van der Waals surface area (Å²) in [7, 11) is -2.51. The van der Waals surface area contributed by atoms with E-state index in [4.69, 9.17) is 27.9 Å². The number of anilines is 1. The summed E-state index contributed by atoms with van der Waals surface area (Å²) < 4.78 is 33.0. The van der Waals surface area contributed by atoms with Gasteiger partial charge in [-0.05, 0) is 61.5 Å². The number of carbonyl (C=O) groups excluding carboxylic acids is 1. The molecule has 0 bridgehead atoms. The van der Waals surface area contributed by atoms with Crippen molar-refractivity contribution in [1.82, 2.24) is 10.4 Å². The minimum atomic E-state index is -4.07. The minimum Gasteiger partial charge on any atom is -0.497 e. The predicted molar refractivity (Wildman–Crippen MR) is 146 cm³/mol. The van der Waals surface area contributed by atoms with Crippen LogP contribution in [0.1, 0.15) is 11.1 Å². The number of fused-ring (bicyclic) bond motifs is 1. The number of carbonyl (C=O) groups is 1. The van der Waals surface area contributed by atoms with Gasteiger partial charge in [-0.15, -0.1) is 0 Å². The fourth-order valence-corrected chi connectivity index (χ4v) is 5.20. The molecule has 190 valence electrons. The Morgan fingerprint density at radius 3 is 2.43 bits per heavy atom. The SMILES string of the molecule is COc1ccc2cc(/C=N\NC(=O)CN(c3ccc(C)cc3)S(=O)(=O)c3ccc(Cl)cc3)c(Cl)nc2c1. The van der Waals surface area contributed by atoms with Gasteiger partial charge in [-0.1, -0.05) is 40.9 Å². The molecule has 0 atom stereocenters. The van der Waals surface area contributed by atoms with Gasteiger partial charge in [0.15, 0.2) is 0 Å². The topological polar surface area (TPSA) is 101 Å². The summed E-state index contributed by atoms with van der Waals surface area (Å²) in [4.78, 5) is 17.1. The maximum atomic E-state index is 13.4. The molecular formula is C26H22Cl2N4O4S. The van der Waals surface area contributed by atoms with Crippen LogP contribution in [0.4, 0.5) is 5.69 Å². The number of methoxy groups -OCH3 is 1. The van der Waals surface area contributed by atoms with Crippen LogP contribution >= 0.6 is 23.2 Å². The number of pyridine rings is 1. The van der Waals surface area contributed by atoms with Crippen molar-refractivity contribution in [2.24, 2.45) is 5.10 Å². The molecule has 0 saturated carbocycles. The molecule has 0 aliphatic heterocycles. The van der Waals surface area contributed by atoms with E-state index in [-0.39, 0.29) is 10.0 Å². The molecule has 0 saturated heterocycles. The summed E-state index contributed by atoms with van der Waals surface area (Å²) in [5.41, 5.74) is 4.76. The third kappa shape index (κ3) is 6.19. The Labute approximate surface area is 224 Å². The zero-order valence-corrected chi connectivity index (χ0v) is 22.2. The number of hydrazone groups is 1. The van der Waals surface area contributed by atoms with E-state index in [0.717, 1.165) is 15.3 Å². The lowest BCUT2D eigenvalue weighted by Crippen LogP contribution is -2.39. The molecule has 4 rings (SSSR count). The zero-order chi connectivity index (χ0) is 26.6. The molecule has 11 heteroatoms. The van der Waals surface area contributed by atoms with E-state index in [0.29, 0.717) is 27.5 Å². The van der Waals surface area contributed by atoms with Crippen LogP contribution in [0.15, 0.2) is 82.8 Å². The van der Waals surface area contributed by atoms with Gasteiger partial charge in [0.05, 0.1) is 29.4 Å². The summed E-state index contributed by atoms with van der Waals surface area (Å²) in [6.07, 6.45) is 1.35. The van der Waals surface area contributed by atoms with E-state index in [1.54, 1.807) is 49.6 Å². The molecule has 1 heterocycles. The largest absolute Gasteiger partial charge is 0.497 e. The molecule has 37 heavy (non-hydrogen) atoms. The number of aryl methyl sites for hydroxylation is 1. The van der Waals surface area contributed by atoms with Crippen LogP contribution in [0.25, 0.3) is 10.9 Å². The fourth-order valence-electron chi connectivity index (χ4n) is 3.46. The van der Waals surface area contributed by atoms with Crippen LogP contribution in [0.5, 0.6) is 5.75 Å². The number of sulfonamides is 1. The third-order valence-electron chi connectivity index (χ3n) is 5.41. The second-order valence-corrected chi connectivity index (χ2v) is 10.7. The van der Waals surface area contributed by atoms with E-state index in [9.17, 15) is 13.2 Å². The predicted octanol–water partition coefficient (Wildman–Crippen LogP) is 5.20. The number of benzene rings is 3. The van der Waals surface area contributed by atoms with Crippen molar-refractivity contribution in [3.63, 3.8) is 0 Å².